The maximum absolute atomic E-state index is 13.5. The third kappa shape index (κ3) is 4.16. The largest absolute Gasteiger partial charge is 0.490 e. The van der Waals surface area contributed by atoms with E-state index in [-0.39, 0.29) is 17.1 Å². The fourth-order valence-electron chi connectivity index (χ4n) is 4.06. The number of nitrogens with zero attached hydrogens (tertiary/aromatic N) is 2. The van der Waals surface area contributed by atoms with Crippen LogP contribution >= 0.6 is 11.6 Å². The van der Waals surface area contributed by atoms with E-state index >= 15 is 0 Å². The lowest BCUT2D eigenvalue weighted by Crippen LogP contribution is -2.32. The molecule has 0 aliphatic carbocycles. The van der Waals surface area contributed by atoms with Crippen molar-refractivity contribution in [3.8, 4) is 5.75 Å². The summed E-state index contributed by atoms with van der Waals surface area (Å²) in [7, 11) is 3.97. The van der Waals surface area contributed by atoms with Crippen molar-refractivity contribution in [1.29, 1.82) is 0 Å². The molecule has 7 heteroatoms. The van der Waals surface area contributed by atoms with Crippen molar-refractivity contribution in [2.75, 3.05) is 33.8 Å². The van der Waals surface area contributed by atoms with Gasteiger partial charge in [-0.25, -0.2) is 0 Å². The third-order valence-corrected chi connectivity index (χ3v) is 5.71. The first-order chi connectivity index (χ1) is 15.4. The highest BCUT2D eigenvalue weighted by molar-refractivity contribution is 6.31. The molecule has 1 atom stereocenters. The molecule has 2 heterocycles. The highest BCUT2D eigenvalue weighted by atomic mass is 35.5. The zero-order chi connectivity index (χ0) is 22.8. The Hall–Kier alpha value is -3.09. The first kappa shape index (κ1) is 22.1. The summed E-state index contributed by atoms with van der Waals surface area (Å²) in [6, 6.07) is 11.7. The molecule has 32 heavy (non-hydrogen) atoms. The van der Waals surface area contributed by atoms with Crippen molar-refractivity contribution in [2.24, 2.45) is 0 Å². The molecule has 6 nitrogen and oxygen atoms in total. The summed E-state index contributed by atoms with van der Waals surface area (Å²) in [5.74, 6) is 0.456. The summed E-state index contributed by atoms with van der Waals surface area (Å²) in [5.41, 5.74) is 1.24. The van der Waals surface area contributed by atoms with Gasteiger partial charge in [0.15, 0.2) is 5.43 Å². The minimum Gasteiger partial charge on any atom is -0.490 e. The second kappa shape index (κ2) is 9.18. The van der Waals surface area contributed by atoms with Crippen molar-refractivity contribution in [3.05, 3.63) is 87.3 Å². The zero-order valence-electron chi connectivity index (χ0n) is 18.1. The Morgan fingerprint density at radius 3 is 2.78 bits per heavy atom. The van der Waals surface area contributed by atoms with Crippen LogP contribution in [0.4, 0.5) is 0 Å². The van der Waals surface area contributed by atoms with Gasteiger partial charge in [-0.3, -0.25) is 9.59 Å². The van der Waals surface area contributed by atoms with Gasteiger partial charge in [-0.15, -0.1) is 0 Å². The van der Waals surface area contributed by atoms with Crippen LogP contribution in [-0.4, -0.2) is 49.5 Å². The van der Waals surface area contributed by atoms with Gasteiger partial charge >= 0.3 is 0 Å². The number of halogens is 1. The lowest BCUT2D eigenvalue weighted by Gasteiger charge is -2.26. The lowest BCUT2D eigenvalue weighted by atomic mass is 9.98. The summed E-state index contributed by atoms with van der Waals surface area (Å²) < 4.78 is 11.6. The van der Waals surface area contributed by atoms with E-state index in [2.05, 4.69) is 11.5 Å². The third-order valence-electron chi connectivity index (χ3n) is 5.47. The molecule has 166 valence electrons. The standard InChI is InChI=1S/C25H25ClN2O4/c1-4-13-31-18-8-5-7-16(14-18)22-21-23(29)19-15-17(26)9-10-20(19)32-24(21)25(30)28(22)12-6-11-27(2)3/h4-5,7-10,14-15,22H,1,6,11-13H2,2-3H3/t22-/m1/s1. The van der Waals surface area contributed by atoms with Crippen molar-refractivity contribution in [2.45, 2.75) is 12.5 Å². The monoisotopic (exact) mass is 452 g/mol. The molecule has 0 saturated heterocycles. The van der Waals surface area contributed by atoms with Gasteiger partial charge in [0, 0.05) is 11.6 Å². The Morgan fingerprint density at radius 1 is 1.22 bits per heavy atom. The van der Waals surface area contributed by atoms with Crippen molar-refractivity contribution < 1.29 is 13.9 Å². The second-order valence-electron chi connectivity index (χ2n) is 8.04. The number of hydrogen-bond acceptors (Lipinski definition) is 5. The normalized spacial score (nSPS) is 15.4. The molecular formula is C25H25ClN2O4. The van der Waals surface area contributed by atoms with Gasteiger partial charge in [0.25, 0.3) is 5.91 Å². The smallest absolute Gasteiger partial charge is 0.290 e. The number of rotatable bonds is 8. The van der Waals surface area contributed by atoms with Gasteiger partial charge < -0.3 is 19.0 Å². The number of amides is 1. The maximum Gasteiger partial charge on any atom is 0.290 e. The van der Waals surface area contributed by atoms with Gasteiger partial charge in [0.05, 0.1) is 17.0 Å². The highest BCUT2D eigenvalue weighted by Crippen LogP contribution is 2.39. The van der Waals surface area contributed by atoms with E-state index < -0.39 is 6.04 Å². The van der Waals surface area contributed by atoms with Crippen LogP contribution < -0.4 is 10.2 Å². The lowest BCUT2D eigenvalue weighted by molar-refractivity contribution is 0.0722. The Morgan fingerprint density at radius 2 is 2.03 bits per heavy atom. The van der Waals surface area contributed by atoms with Crippen molar-refractivity contribution in [1.82, 2.24) is 9.80 Å². The molecule has 0 spiro atoms. The van der Waals surface area contributed by atoms with Gasteiger partial charge in [-0.2, -0.15) is 0 Å². The quantitative estimate of drug-likeness (QED) is 0.470. The second-order valence-corrected chi connectivity index (χ2v) is 8.48. The number of ether oxygens (including phenoxy) is 1. The average Bonchev–Trinajstić information content (AvgIpc) is 3.05. The van der Waals surface area contributed by atoms with E-state index in [0.29, 0.717) is 40.5 Å². The molecule has 2 aromatic carbocycles. The summed E-state index contributed by atoms with van der Waals surface area (Å²) >= 11 is 6.13. The average molecular weight is 453 g/mol. The molecule has 1 amide bonds. The van der Waals surface area contributed by atoms with E-state index in [4.69, 9.17) is 20.8 Å². The van der Waals surface area contributed by atoms with Crippen LogP contribution in [-0.2, 0) is 0 Å². The Bertz CT molecular complexity index is 1230. The zero-order valence-corrected chi connectivity index (χ0v) is 18.9. The molecule has 0 radical (unpaired) electrons. The van der Waals surface area contributed by atoms with E-state index in [0.717, 1.165) is 18.5 Å². The molecule has 0 fully saturated rings. The fraction of sp³-hybridized carbons (Fsp3) is 0.280. The number of benzene rings is 2. The van der Waals surface area contributed by atoms with Crippen LogP contribution in [0.2, 0.25) is 5.02 Å². The fourth-order valence-corrected chi connectivity index (χ4v) is 4.23. The molecule has 3 aromatic rings. The number of carbonyl (C=O) groups is 1. The van der Waals surface area contributed by atoms with Gasteiger partial charge in [-0.1, -0.05) is 36.4 Å². The van der Waals surface area contributed by atoms with Crippen molar-refractivity contribution >= 4 is 28.5 Å². The van der Waals surface area contributed by atoms with Crippen LogP contribution in [0.1, 0.15) is 34.1 Å². The van der Waals surface area contributed by atoms with Gasteiger partial charge in [0.1, 0.15) is 17.9 Å². The van der Waals surface area contributed by atoms with Crippen LogP contribution in [0.15, 0.2) is 64.3 Å². The van der Waals surface area contributed by atoms with Crippen LogP contribution in [0.3, 0.4) is 0 Å². The Labute approximate surface area is 191 Å². The molecule has 0 N–H and O–H groups in total. The SMILES string of the molecule is C=CCOc1cccc([C@@H]2c3c(oc4ccc(Cl)cc4c3=O)C(=O)N2CCCN(C)C)c1. The Balaban J connectivity index is 1.85. The molecule has 0 saturated carbocycles. The summed E-state index contributed by atoms with van der Waals surface area (Å²) in [5, 5.41) is 0.802. The maximum atomic E-state index is 13.5. The molecule has 1 aliphatic heterocycles. The van der Waals surface area contributed by atoms with E-state index in [1.165, 1.54) is 0 Å². The topological polar surface area (TPSA) is 63.0 Å². The molecule has 1 aliphatic rings. The summed E-state index contributed by atoms with van der Waals surface area (Å²) in [6.45, 7) is 5.34. The van der Waals surface area contributed by atoms with Crippen LogP contribution in [0.5, 0.6) is 5.75 Å². The highest BCUT2D eigenvalue weighted by Gasteiger charge is 2.42. The van der Waals surface area contributed by atoms with Crippen LogP contribution in [0.25, 0.3) is 11.0 Å². The molecule has 1 aromatic heterocycles. The number of fused-ring (bicyclic) bond motifs is 2. The number of carbonyl (C=O) groups excluding carboxylic acids is 1. The molecule has 0 unspecified atom stereocenters. The predicted octanol–water partition coefficient (Wildman–Crippen LogP) is 4.51. The van der Waals surface area contributed by atoms with E-state index in [9.17, 15) is 9.59 Å². The molecule has 4 rings (SSSR count). The first-order valence-corrected chi connectivity index (χ1v) is 10.8. The van der Waals surface area contributed by atoms with Crippen LogP contribution in [0, 0.1) is 0 Å². The van der Waals surface area contributed by atoms with Crippen molar-refractivity contribution in [3.63, 3.8) is 0 Å². The summed E-state index contributed by atoms with van der Waals surface area (Å²) in [4.78, 5) is 30.7. The summed E-state index contributed by atoms with van der Waals surface area (Å²) in [6.07, 6.45) is 2.43. The molecular weight excluding hydrogens is 428 g/mol. The van der Waals surface area contributed by atoms with E-state index in [1.807, 2.05) is 38.4 Å². The Kier molecular flexibility index (Phi) is 6.35. The minimum atomic E-state index is -0.563. The number of hydrogen-bond donors (Lipinski definition) is 0. The minimum absolute atomic E-state index is 0.0945. The molecule has 0 bridgehead atoms. The van der Waals surface area contributed by atoms with Gasteiger partial charge in [-0.05, 0) is 63.0 Å². The predicted molar refractivity (Wildman–Crippen MR) is 126 cm³/mol. The van der Waals surface area contributed by atoms with E-state index in [1.54, 1.807) is 29.2 Å². The first-order valence-electron chi connectivity index (χ1n) is 10.5. The van der Waals surface area contributed by atoms with Gasteiger partial charge in [0.2, 0.25) is 5.76 Å².